The minimum Gasteiger partial charge on any atom is -0.321 e. The fourth-order valence-corrected chi connectivity index (χ4v) is 3.95. The monoisotopic (exact) mass is 471 g/mol. The second-order valence-corrected chi connectivity index (χ2v) is 7.54. The molecule has 0 saturated heterocycles. The summed E-state index contributed by atoms with van der Waals surface area (Å²) in [6.07, 6.45) is -6.27. The molecule has 1 amide bonds. The summed E-state index contributed by atoms with van der Waals surface area (Å²) in [6.45, 7) is 0. The summed E-state index contributed by atoms with van der Waals surface area (Å²) in [5, 5.41) is 8.13. The number of nitrogens with one attached hydrogen (secondary N) is 1. The number of carbonyl (C=O) groups is 1. The highest BCUT2D eigenvalue weighted by molar-refractivity contribution is 7.17. The van der Waals surface area contributed by atoms with Gasteiger partial charge in [0.1, 0.15) is 22.6 Å². The van der Waals surface area contributed by atoms with E-state index in [2.05, 4.69) is 20.4 Å². The van der Waals surface area contributed by atoms with Crippen molar-refractivity contribution >= 4 is 33.0 Å². The molecule has 0 bridgehead atoms. The molecule has 4 aromatic heterocycles. The first kappa shape index (κ1) is 21.7. The topological polar surface area (TPSA) is 72.7 Å². The number of carbonyl (C=O) groups excluding carboxylic acids is 1. The molecule has 32 heavy (non-hydrogen) atoms. The predicted molar refractivity (Wildman–Crippen MR) is 104 cm³/mol. The number of nitrogens with zero attached hydrogens (tertiary/aromatic N) is 4. The molecule has 0 aliphatic carbocycles. The van der Waals surface area contributed by atoms with Gasteiger partial charge in [0.15, 0.2) is 0 Å². The van der Waals surface area contributed by atoms with Gasteiger partial charge in [-0.25, -0.2) is 0 Å². The van der Waals surface area contributed by atoms with E-state index in [1.54, 1.807) is 11.4 Å². The van der Waals surface area contributed by atoms with Crippen molar-refractivity contribution in [3.05, 3.63) is 59.1 Å². The zero-order chi connectivity index (χ0) is 23.3. The second kappa shape index (κ2) is 7.58. The molecule has 4 aromatic rings. The normalized spacial score (nSPS) is 12.3. The molecular weight excluding hydrogens is 460 g/mol. The van der Waals surface area contributed by atoms with E-state index < -0.39 is 40.9 Å². The summed E-state index contributed by atoms with van der Waals surface area (Å²) in [7, 11) is 1.14. The van der Waals surface area contributed by atoms with Gasteiger partial charge >= 0.3 is 12.4 Å². The van der Waals surface area contributed by atoms with E-state index in [1.165, 1.54) is 23.7 Å². The second-order valence-electron chi connectivity index (χ2n) is 6.59. The SMILES string of the molecule is Cn1nc(-c2cncc3sccc23)c(C(F)(F)F)c1C(=O)Nc1ccnc(C(F)(F)F)c1. The van der Waals surface area contributed by atoms with E-state index in [9.17, 15) is 31.1 Å². The van der Waals surface area contributed by atoms with Gasteiger partial charge in [-0.2, -0.15) is 31.4 Å². The van der Waals surface area contributed by atoms with Crippen molar-refractivity contribution in [2.24, 2.45) is 7.05 Å². The molecule has 1 N–H and O–H groups in total. The molecule has 0 aliphatic heterocycles. The van der Waals surface area contributed by atoms with Crippen molar-refractivity contribution in [3.63, 3.8) is 0 Å². The molecule has 4 heterocycles. The molecule has 0 atom stereocenters. The number of pyridine rings is 2. The average molecular weight is 471 g/mol. The first-order valence-corrected chi connectivity index (χ1v) is 9.65. The Bertz CT molecular complexity index is 1320. The molecule has 0 radical (unpaired) electrons. The third-order valence-corrected chi connectivity index (χ3v) is 5.34. The van der Waals surface area contributed by atoms with E-state index in [4.69, 9.17) is 0 Å². The lowest BCUT2D eigenvalue weighted by Gasteiger charge is -2.12. The zero-order valence-corrected chi connectivity index (χ0v) is 16.7. The van der Waals surface area contributed by atoms with Crippen molar-refractivity contribution in [1.29, 1.82) is 0 Å². The van der Waals surface area contributed by atoms with Crippen molar-refractivity contribution in [2.45, 2.75) is 12.4 Å². The zero-order valence-electron chi connectivity index (χ0n) is 15.9. The van der Waals surface area contributed by atoms with Crippen LogP contribution >= 0.6 is 11.3 Å². The average Bonchev–Trinajstić information content (AvgIpc) is 3.31. The number of anilines is 1. The fraction of sp³-hybridized carbons (Fsp3) is 0.158. The lowest BCUT2D eigenvalue weighted by molar-refractivity contribution is -0.141. The number of amides is 1. The highest BCUT2D eigenvalue weighted by Gasteiger charge is 2.42. The standard InChI is InChI=1S/C19H11F6N5OS/c1-30-16(17(31)28-9-2-4-27-13(6-9)18(20,21)22)14(19(23,24)25)15(29-30)11-7-26-8-12-10(11)3-5-32-12/h2-8H,1H3,(H,27,28,31). The number of hydrogen-bond donors (Lipinski definition) is 1. The van der Waals surface area contributed by atoms with Gasteiger partial charge in [-0.1, -0.05) is 0 Å². The van der Waals surface area contributed by atoms with Gasteiger partial charge in [0, 0.05) is 42.3 Å². The summed E-state index contributed by atoms with van der Waals surface area (Å²) in [4.78, 5) is 19.8. The van der Waals surface area contributed by atoms with E-state index in [0.717, 1.165) is 24.0 Å². The fourth-order valence-electron chi connectivity index (χ4n) is 3.18. The van der Waals surface area contributed by atoms with Crippen LogP contribution in [0.25, 0.3) is 21.3 Å². The van der Waals surface area contributed by atoms with Crippen LogP contribution in [0.2, 0.25) is 0 Å². The van der Waals surface area contributed by atoms with Gasteiger partial charge < -0.3 is 5.32 Å². The van der Waals surface area contributed by atoms with Crippen LogP contribution in [0, 0.1) is 0 Å². The van der Waals surface area contributed by atoms with Gasteiger partial charge in [-0.3, -0.25) is 19.4 Å². The lowest BCUT2D eigenvalue weighted by atomic mass is 10.0. The number of halogens is 6. The van der Waals surface area contributed by atoms with E-state index >= 15 is 0 Å². The maximum absolute atomic E-state index is 14.0. The van der Waals surface area contributed by atoms with E-state index in [0.29, 0.717) is 16.2 Å². The van der Waals surface area contributed by atoms with Crippen LogP contribution in [0.1, 0.15) is 21.7 Å². The van der Waals surface area contributed by atoms with E-state index in [1.807, 2.05) is 0 Å². The molecule has 0 spiro atoms. The number of fused-ring (bicyclic) bond motifs is 1. The molecule has 13 heteroatoms. The van der Waals surface area contributed by atoms with Crippen LogP contribution in [-0.4, -0.2) is 25.7 Å². The van der Waals surface area contributed by atoms with Gasteiger partial charge in [0.2, 0.25) is 0 Å². The van der Waals surface area contributed by atoms with Crippen LogP contribution in [0.5, 0.6) is 0 Å². The molecule has 0 aliphatic rings. The number of aromatic nitrogens is 4. The highest BCUT2D eigenvalue weighted by Crippen LogP contribution is 2.41. The molecule has 0 fully saturated rings. The third kappa shape index (κ3) is 3.90. The Labute approximate surface area is 179 Å². The minimum atomic E-state index is -4.98. The molecular formula is C19H11F6N5OS. The Morgan fingerprint density at radius 2 is 1.84 bits per heavy atom. The van der Waals surface area contributed by atoms with Crippen LogP contribution in [0.4, 0.5) is 32.0 Å². The van der Waals surface area contributed by atoms with E-state index in [-0.39, 0.29) is 11.3 Å². The number of aryl methyl sites for hydroxylation is 1. The molecule has 6 nitrogen and oxygen atoms in total. The Balaban J connectivity index is 1.82. The van der Waals surface area contributed by atoms with Crippen LogP contribution in [0.15, 0.2) is 42.2 Å². The smallest absolute Gasteiger partial charge is 0.321 e. The van der Waals surface area contributed by atoms with Crippen LogP contribution < -0.4 is 5.32 Å². The summed E-state index contributed by atoms with van der Waals surface area (Å²) in [6, 6.07) is 3.17. The maximum Gasteiger partial charge on any atom is 0.433 e. The lowest BCUT2D eigenvalue weighted by Crippen LogP contribution is -2.21. The Morgan fingerprint density at radius 3 is 2.53 bits per heavy atom. The van der Waals surface area contributed by atoms with Crippen molar-refractivity contribution in [2.75, 3.05) is 5.32 Å². The quantitative estimate of drug-likeness (QED) is 0.407. The maximum atomic E-state index is 14.0. The van der Waals surface area contributed by atoms with Crippen molar-refractivity contribution < 1.29 is 31.1 Å². The summed E-state index contributed by atoms with van der Waals surface area (Å²) in [5.41, 5.74) is -4.27. The molecule has 0 aromatic carbocycles. The Kier molecular flexibility index (Phi) is 5.15. The number of rotatable bonds is 3. The van der Waals surface area contributed by atoms with Crippen LogP contribution in [-0.2, 0) is 19.4 Å². The van der Waals surface area contributed by atoms with Gasteiger partial charge in [0.05, 0.1) is 4.70 Å². The van der Waals surface area contributed by atoms with Gasteiger partial charge in [0.25, 0.3) is 5.91 Å². The van der Waals surface area contributed by atoms with Crippen molar-refractivity contribution in [1.82, 2.24) is 19.7 Å². The molecule has 0 unspecified atom stereocenters. The summed E-state index contributed by atoms with van der Waals surface area (Å²) < 4.78 is 82.1. The Hall–Kier alpha value is -3.48. The largest absolute Gasteiger partial charge is 0.433 e. The Morgan fingerprint density at radius 1 is 1.09 bits per heavy atom. The third-order valence-electron chi connectivity index (χ3n) is 4.49. The predicted octanol–water partition coefficient (Wildman–Crippen LogP) is 5.38. The van der Waals surface area contributed by atoms with Gasteiger partial charge in [-0.15, -0.1) is 11.3 Å². The first-order chi connectivity index (χ1) is 15.0. The molecule has 4 rings (SSSR count). The molecule has 0 saturated carbocycles. The van der Waals surface area contributed by atoms with Crippen molar-refractivity contribution in [3.8, 4) is 11.3 Å². The molecule has 166 valence electrons. The first-order valence-electron chi connectivity index (χ1n) is 8.77. The minimum absolute atomic E-state index is 0.0778. The van der Waals surface area contributed by atoms with Gasteiger partial charge in [-0.05, 0) is 23.6 Å². The highest BCUT2D eigenvalue weighted by atomic mass is 32.1. The van der Waals surface area contributed by atoms with Crippen LogP contribution in [0.3, 0.4) is 0 Å². The summed E-state index contributed by atoms with van der Waals surface area (Å²) >= 11 is 1.28. The summed E-state index contributed by atoms with van der Waals surface area (Å²) in [5.74, 6) is -1.27. The number of thiophene rings is 1. The number of hydrogen-bond acceptors (Lipinski definition) is 5. The number of alkyl halides is 6.